The first-order valence-corrected chi connectivity index (χ1v) is 8.97. The van der Waals surface area contributed by atoms with E-state index in [9.17, 15) is 4.79 Å². The Labute approximate surface area is 129 Å². The number of rotatable bonds is 7. The highest BCUT2D eigenvalue weighted by atomic mass is 16.5. The number of carbonyl (C=O) groups is 1. The van der Waals surface area contributed by atoms with Crippen LogP contribution < -0.4 is 0 Å². The largest absolute Gasteiger partial charge is 0.462 e. The van der Waals surface area contributed by atoms with Crippen molar-refractivity contribution >= 4 is 5.97 Å². The lowest BCUT2D eigenvalue weighted by Crippen LogP contribution is -2.37. The van der Waals surface area contributed by atoms with Crippen molar-refractivity contribution in [3.8, 4) is 0 Å². The maximum Gasteiger partial charge on any atom is 0.309 e. The van der Waals surface area contributed by atoms with Crippen molar-refractivity contribution in [2.75, 3.05) is 7.11 Å². The van der Waals surface area contributed by atoms with Gasteiger partial charge in [-0.2, -0.15) is 0 Å². The number of unbranched alkanes of at least 4 members (excludes halogenated alkanes) is 3. The Morgan fingerprint density at radius 1 is 1.05 bits per heavy atom. The van der Waals surface area contributed by atoms with Gasteiger partial charge in [-0.05, 0) is 57.3 Å². The van der Waals surface area contributed by atoms with Crippen LogP contribution in [0.1, 0.15) is 77.6 Å². The van der Waals surface area contributed by atoms with Crippen molar-refractivity contribution in [3.05, 3.63) is 0 Å². The summed E-state index contributed by atoms with van der Waals surface area (Å²) >= 11 is 0. The number of esters is 1. The van der Waals surface area contributed by atoms with E-state index in [-0.39, 0.29) is 18.0 Å². The summed E-state index contributed by atoms with van der Waals surface area (Å²) in [6.07, 6.45) is 13.3. The standard InChI is InChI=1S/C18H32O3/c1-3-4-5-6-7-16-12-13-17(18(19)21-16)14-8-10-15(20-2)11-9-14/h14-17H,3-13H2,1-2H3/t14-,15-,16?,17?. The van der Waals surface area contributed by atoms with Gasteiger partial charge in [0.05, 0.1) is 12.0 Å². The summed E-state index contributed by atoms with van der Waals surface area (Å²) < 4.78 is 11.1. The zero-order valence-electron chi connectivity index (χ0n) is 13.8. The summed E-state index contributed by atoms with van der Waals surface area (Å²) in [5.74, 6) is 0.780. The van der Waals surface area contributed by atoms with E-state index in [1.807, 2.05) is 0 Å². The van der Waals surface area contributed by atoms with Gasteiger partial charge in [0.15, 0.2) is 0 Å². The molecule has 3 nitrogen and oxygen atoms in total. The van der Waals surface area contributed by atoms with Crippen LogP contribution in [0, 0.1) is 11.8 Å². The zero-order chi connectivity index (χ0) is 15.1. The third-order valence-corrected chi connectivity index (χ3v) is 5.39. The quantitative estimate of drug-likeness (QED) is 0.513. The van der Waals surface area contributed by atoms with Gasteiger partial charge in [-0.15, -0.1) is 0 Å². The van der Waals surface area contributed by atoms with E-state index in [0.29, 0.717) is 12.0 Å². The van der Waals surface area contributed by atoms with Gasteiger partial charge in [0.2, 0.25) is 0 Å². The third-order valence-electron chi connectivity index (χ3n) is 5.39. The average Bonchev–Trinajstić information content (AvgIpc) is 2.52. The molecule has 2 aliphatic rings. The smallest absolute Gasteiger partial charge is 0.309 e. The molecular weight excluding hydrogens is 264 g/mol. The summed E-state index contributed by atoms with van der Waals surface area (Å²) in [7, 11) is 1.79. The summed E-state index contributed by atoms with van der Waals surface area (Å²) in [4.78, 5) is 12.3. The van der Waals surface area contributed by atoms with Crippen molar-refractivity contribution in [3.63, 3.8) is 0 Å². The molecule has 1 saturated carbocycles. The SMILES string of the molecule is CCCCCCC1CCC([C@H]2CC[C@H](OC)CC2)C(=O)O1. The highest BCUT2D eigenvalue weighted by molar-refractivity contribution is 5.73. The molecule has 1 aliphatic heterocycles. The first kappa shape index (κ1) is 16.8. The topological polar surface area (TPSA) is 35.5 Å². The number of ether oxygens (including phenoxy) is 2. The van der Waals surface area contributed by atoms with Crippen LogP contribution in [0.3, 0.4) is 0 Å². The summed E-state index contributed by atoms with van der Waals surface area (Å²) in [6, 6.07) is 0. The van der Waals surface area contributed by atoms with E-state index in [0.717, 1.165) is 44.9 Å². The average molecular weight is 296 g/mol. The van der Waals surface area contributed by atoms with Gasteiger partial charge in [0.25, 0.3) is 0 Å². The summed E-state index contributed by atoms with van der Waals surface area (Å²) in [5, 5.41) is 0. The van der Waals surface area contributed by atoms with E-state index in [2.05, 4.69) is 6.92 Å². The van der Waals surface area contributed by atoms with Crippen LogP contribution in [-0.4, -0.2) is 25.3 Å². The fourth-order valence-corrected chi connectivity index (χ4v) is 3.95. The van der Waals surface area contributed by atoms with E-state index in [1.54, 1.807) is 7.11 Å². The van der Waals surface area contributed by atoms with E-state index < -0.39 is 0 Å². The molecule has 3 heteroatoms. The van der Waals surface area contributed by atoms with Gasteiger partial charge < -0.3 is 9.47 Å². The molecule has 0 radical (unpaired) electrons. The summed E-state index contributed by atoms with van der Waals surface area (Å²) in [5.41, 5.74) is 0. The monoisotopic (exact) mass is 296 g/mol. The molecule has 1 aliphatic carbocycles. The third kappa shape index (κ3) is 4.98. The van der Waals surface area contributed by atoms with Crippen molar-refractivity contribution < 1.29 is 14.3 Å². The Hall–Kier alpha value is -0.570. The zero-order valence-corrected chi connectivity index (χ0v) is 13.8. The Morgan fingerprint density at radius 3 is 2.43 bits per heavy atom. The molecule has 1 saturated heterocycles. The highest BCUT2D eigenvalue weighted by Gasteiger charge is 2.37. The van der Waals surface area contributed by atoms with Crippen LogP contribution in [0.2, 0.25) is 0 Å². The molecular formula is C18H32O3. The van der Waals surface area contributed by atoms with Crippen LogP contribution >= 0.6 is 0 Å². The lowest BCUT2D eigenvalue weighted by Gasteiger charge is -2.36. The second-order valence-corrected chi connectivity index (χ2v) is 6.86. The van der Waals surface area contributed by atoms with Crippen molar-refractivity contribution in [2.45, 2.75) is 89.8 Å². The molecule has 0 bridgehead atoms. The predicted molar refractivity (Wildman–Crippen MR) is 84.1 cm³/mol. The molecule has 0 N–H and O–H groups in total. The first-order valence-electron chi connectivity index (χ1n) is 8.97. The molecule has 1 heterocycles. The van der Waals surface area contributed by atoms with Crippen LogP contribution in [-0.2, 0) is 14.3 Å². The van der Waals surface area contributed by atoms with Crippen molar-refractivity contribution in [1.29, 1.82) is 0 Å². The minimum atomic E-state index is 0.0857. The molecule has 0 aromatic carbocycles. The normalized spacial score (nSPS) is 33.7. The Morgan fingerprint density at radius 2 is 1.81 bits per heavy atom. The van der Waals surface area contributed by atoms with Gasteiger partial charge in [-0.1, -0.05) is 26.2 Å². The maximum absolute atomic E-state index is 12.3. The predicted octanol–water partition coefficient (Wildman–Crippen LogP) is 4.48. The molecule has 0 aromatic rings. The number of carbonyl (C=O) groups excluding carboxylic acids is 1. The van der Waals surface area contributed by atoms with Crippen molar-refractivity contribution in [1.82, 2.24) is 0 Å². The highest BCUT2D eigenvalue weighted by Crippen LogP contribution is 2.37. The summed E-state index contributed by atoms with van der Waals surface area (Å²) in [6.45, 7) is 2.23. The molecule has 2 atom stereocenters. The lowest BCUT2D eigenvalue weighted by molar-refractivity contribution is -0.164. The van der Waals surface area contributed by atoms with Gasteiger partial charge >= 0.3 is 5.97 Å². The van der Waals surface area contributed by atoms with Gasteiger partial charge in [0, 0.05) is 7.11 Å². The number of hydrogen-bond donors (Lipinski definition) is 0. The first-order chi connectivity index (χ1) is 10.2. The second kappa shape index (κ2) is 8.77. The van der Waals surface area contributed by atoms with E-state index in [4.69, 9.17) is 9.47 Å². The number of hydrogen-bond acceptors (Lipinski definition) is 3. The molecule has 122 valence electrons. The maximum atomic E-state index is 12.3. The molecule has 2 rings (SSSR count). The minimum Gasteiger partial charge on any atom is -0.462 e. The Kier molecular flexibility index (Phi) is 7.01. The fourth-order valence-electron chi connectivity index (χ4n) is 3.95. The number of methoxy groups -OCH3 is 1. The molecule has 21 heavy (non-hydrogen) atoms. The Bertz CT molecular complexity index is 308. The van der Waals surface area contributed by atoms with Crippen LogP contribution in [0.5, 0.6) is 0 Å². The fraction of sp³-hybridized carbons (Fsp3) is 0.944. The molecule has 0 aromatic heterocycles. The van der Waals surface area contributed by atoms with E-state index in [1.165, 1.54) is 25.7 Å². The van der Waals surface area contributed by atoms with E-state index >= 15 is 0 Å². The Balaban J connectivity index is 1.70. The van der Waals surface area contributed by atoms with Crippen LogP contribution in [0.15, 0.2) is 0 Å². The second-order valence-electron chi connectivity index (χ2n) is 6.86. The van der Waals surface area contributed by atoms with Gasteiger partial charge in [-0.3, -0.25) is 4.79 Å². The minimum absolute atomic E-state index is 0.0857. The molecule has 2 fully saturated rings. The lowest BCUT2D eigenvalue weighted by atomic mass is 9.76. The van der Waals surface area contributed by atoms with Crippen LogP contribution in [0.4, 0.5) is 0 Å². The van der Waals surface area contributed by atoms with Crippen LogP contribution in [0.25, 0.3) is 0 Å². The molecule has 0 amide bonds. The number of cyclic esters (lactones) is 1. The molecule has 0 spiro atoms. The van der Waals surface area contributed by atoms with Gasteiger partial charge in [0.1, 0.15) is 6.10 Å². The van der Waals surface area contributed by atoms with Gasteiger partial charge in [-0.25, -0.2) is 0 Å². The van der Waals surface area contributed by atoms with Crippen molar-refractivity contribution in [2.24, 2.45) is 11.8 Å². The molecule has 2 unspecified atom stereocenters.